The molecule has 0 radical (unpaired) electrons. The van der Waals surface area contributed by atoms with Crippen LogP contribution in [0.5, 0.6) is 0 Å². The normalized spacial score (nSPS) is 16.5. The number of amides is 1. The first-order chi connectivity index (χ1) is 13.0. The third-order valence-electron chi connectivity index (χ3n) is 5.44. The Balaban J connectivity index is 1.62. The van der Waals surface area contributed by atoms with Gasteiger partial charge in [-0.3, -0.25) is 4.79 Å². The molecule has 1 aromatic carbocycles. The van der Waals surface area contributed by atoms with Crippen molar-refractivity contribution in [2.75, 3.05) is 13.1 Å². The van der Waals surface area contributed by atoms with Gasteiger partial charge in [0.15, 0.2) is 0 Å². The molecular weight excluding hydrogens is 374 g/mol. The zero-order valence-corrected chi connectivity index (χ0v) is 17.5. The molecule has 0 aliphatic carbocycles. The van der Waals surface area contributed by atoms with E-state index in [0.29, 0.717) is 0 Å². The molecule has 0 saturated carbocycles. The van der Waals surface area contributed by atoms with Gasteiger partial charge in [0.25, 0.3) is 5.91 Å². The first kappa shape index (κ1) is 18.3. The zero-order valence-electron chi connectivity index (χ0n) is 15.9. The number of aromatic nitrogens is 2. The fourth-order valence-corrected chi connectivity index (χ4v) is 5.60. The van der Waals surface area contributed by atoms with E-state index in [4.69, 9.17) is 4.98 Å². The molecule has 0 N–H and O–H groups in total. The second-order valence-corrected chi connectivity index (χ2v) is 9.40. The van der Waals surface area contributed by atoms with Crippen LogP contribution in [-0.2, 0) is 5.41 Å². The molecule has 27 heavy (non-hydrogen) atoms. The van der Waals surface area contributed by atoms with Crippen molar-refractivity contribution in [3.8, 4) is 0 Å². The van der Waals surface area contributed by atoms with E-state index >= 15 is 0 Å². The van der Waals surface area contributed by atoms with Crippen LogP contribution in [0.25, 0.3) is 0 Å². The average Bonchev–Trinajstić information content (AvgIpc) is 3.27. The van der Waals surface area contributed by atoms with Crippen LogP contribution in [0.4, 0.5) is 0 Å². The van der Waals surface area contributed by atoms with Crippen LogP contribution in [0.3, 0.4) is 0 Å². The fourth-order valence-electron chi connectivity index (χ4n) is 4.00. The molecule has 4 rings (SSSR count). The molecule has 2 aromatic heterocycles. The molecule has 1 saturated heterocycles. The Morgan fingerprint density at radius 2 is 1.74 bits per heavy atom. The molecule has 3 aromatic rings. The molecular formula is C21H23N3OS2. The van der Waals surface area contributed by atoms with Gasteiger partial charge in [0.05, 0.1) is 21.4 Å². The van der Waals surface area contributed by atoms with Crippen molar-refractivity contribution in [2.24, 2.45) is 0 Å². The monoisotopic (exact) mass is 397 g/mol. The molecule has 1 aliphatic heterocycles. The van der Waals surface area contributed by atoms with Crippen LogP contribution in [0, 0.1) is 20.8 Å². The Morgan fingerprint density at radius 1 is 1.04 bits per heavy atom. The van der Waals surface area contributed by atoms with Crippen molar-refractivity contribution in [1.29, 1.82) is 0 Å². The maximum atomic E-state index is 13.0. The highest BCUT2D eigenvalue weighted by Crippen LogP contribution is 2.42. The summed E-state index contributed by atoms with van der Waals surface area (Å²) in [6.45, 7) is 7.41. The number of benzene rings is 1. The summed E-state index contributed by atoms with van der Waals surface area (Å²) in [6, 6.07) is 10.6. The summed E-state index contributed by atoms with van der Waals surface area (Å²) in [4.78, 5) is 25.0. The van der Waals surface area contributed by atoms with Crippen molar-refractivity contribution in [1.82, 2.24) is 14.9 Å². The molecule has 0 unspecified atom stereocenters. The molecule has 1 amide bonds. The Hall–Kier alpha value is -2.05. The molecule has 0 atom stereocenters. The second-order valence-electron chi connectivity index (χ2n) is 7.14. The Bertz CT molecular complexity index is 953. The Kier molecular flexibility index (Phi) is 4.86. The largest absolute Gasteiger partial charge is 0.338 e. The van der Waals surface area contributed by atoms with E-state index < -0.39 is 0 Å². The number of carbonyl (C=O) groups excluding carboxylic acids is 1. The molecule has 6 heteroatoms. The SMILES string of the molecule is Cc1nc(C2(c3ccccc3)CCN(C(=O)c3sc(C)nc3C)CC2)cs1. The quantitative estimate of drug-likeness (QED) is 0.641. The smallest absolute Gasteiger partial charge is 0.265 e. The number of carbonyl (C=O) groups is 1. The van der Waals surface area contributed by atoms with Gasteiger partial charge in [0.1, 0.15) is 4.88 Å². The predicted octanol–water partition coefficient (Wildman–Crippen LogP) is 4.75. The fraction of sp³-hybridized carbons (Fsp3) is 0.381. The number of aryl methyl sites for hydroxylation is 3. The van der Waals surface area contributed by atoms with Crippen LogP contribution in [-0.4, -0.2) is 33.9 Å². The van der Waals surface area contributed by atoms with Crippen LogP contribution in [0.2, 0.25) is 0 Å². The zero-order chi connectivity index (χ0) is 19.0. The van der Waals surface area contributed by atoms with Gasteiger partial charge in [0, 0.05) is 23.9 Å². The number of hydrogen-bond acceptors (Lipinski definition) is 5. The minimum absolute atomic E-state index is 0.110. The average molecular weight is 398 g/mol. The summed E-state index contributed by atoms with van der Waals surface area (Å²) in [6.07, 6.45) is 1.78. The van der Waals surface area contributed by atoms with Gasteiger partial charge in [-0.25, -0.2) is 9.97 Å². The van der Waals surface area contributed by atoms with Crippen molar-refractivity contribution in [3.05, 3.63) is 67.6 Å². The lowest BCUT2D eigenvalue weighted by Crippen LogP contribution is -2.46. The molecule has 0 bridgehead atoms. The number of rotatable bonds is 3. The first-order valence-electron chi connectivity index (χ1n) is 9.21. The van der Waals surface area contributed by atoms with E-state index in [2.05, 4.69) is 47.6 Å². The summed E-state index contributed by atoms with van der Waals surface area (Å²) < 4.78 is 0. The van der Waals surface area contributed by atoms with Crippen molar-refractivity contribution in [2.45, 2.75) is 39.0 Å². The Morgan fingerprint density at radius 3 is 2.30 bits per heavy atom. The van der Waals surface area contributed by atoms with Gasteiger partial charge < -0.3 is 4.90 Å². The molecule has 0 spiro atoms. The molecule has 140 valence electrons. The van der Waals surface area contributed by atoms with E-state index in [1.54, 1.807) is 11.3 Å². The Labute approximate surface area is 167 Å². The van der Waals surface area contributed by atoms with E-state index in [1.807, 2.05) is 18.7 Å². The summed E-state index contributed by atoms with van der Waals surface area (Å²) in [5.41, 5.74) is 3.18. The second kappa shape index (κ2) is 7.17. The number of likely N-dealkylation sites (tertiary alicyclic amines) is 1. The van der Waals surface area contributed by atoms with Gasteiger partial charge in [-0.05, 0) is 39.2 Å². The van der Waals surface area contributed by atoms with Crippen LogP contribution >= 0.6 is 22.7 Å². The van der Waals surface area contributed by atoms with E-state index in [1.165, 1.54) is 16.9 Å². The third kappa shape index (κ3) is 3.32. The van der Waals surface area contributed by atoms with Gasteiger partial charge >= 0.3 is 0 Å². The van der Waals surface area contributed by atoms with Gasteiger partial charge in [-0.1, -0.05) is 30.3 Å². The molecule has 4 nitrogen and oxygen atoms in total. The maximum absolute atomic E-state index is 13.0. The highest BCUT2D eigenvalue weighted by Gasteiger charge is 2.41. The summed E-state index contributed by atoms with van der Waals surface area (Å²) in [5.74, 6) is 0.120. The number of hydrogen-bond donors (Lipinski definition) is 0. The third-order valence-corrected chi connectivity index (χ3v) is 7.27. The molecule has 3 heterocycles. The standard InChI is InChI=1S/C21H23N3OS2/c1-14-19(27-16(3)22-14)20(25)24-11-9-21(10-12-24,17-7-5-4-6-8-17)18-13-26-15(2)23-18/h4-8,13H,9-12H2,1-3H3. The lowest BCUT2D eigenvalue weighted by molar-refractivity contribution is 0.0688. The summed E-state index contributed by atoms with van der Waals surface area (Å²) in [5, 5.41) is 4.23. The van der Waals surface area contributed by atoms with Crippen LogP contribution < -0.4 is 0 Å². The highest BCUT2D eigenvalue weighted by atomic mass is 32.1. The molecule has 1 aliphatic rings. The van der Waals surface area contributed by atoms with Crippen LogP contribution in [0.15, 0.2) is 35.7 Å². The van der Waals surface area contributed by atoms with Crippen molar-refractivity contribution >= 4 is 28.6 Å². The van der Waals surface area contributed by atoms with Gasteiger partial charge in [0.2, 0.25) is 0 Å². The minimum Gasteiger partial charge on any atom is -0.338 e. The summed E-state index contributed by atoms with van der Waals surface area (Å²) in [7, 11) is 0. The first-order valence-corrected chi connectivity index (χ1v) is 10.9. The lowest BCUT2D eigenvalue weighted by Gasteiger charge is -2.41. The van der Waals surface area contributed by atoms with Gasteiger partial charge in [-0.2, -0.15) is 0 Å². The van der Waals surface area contributed by atoms with Crippen molar-refractivity contribution in [3.63, 3.8) is 0 Å². The minimum atomic E-state index is -0.110. The summed E-state index contributed by atoms with van der Waals surface area (Å²) >= 11 is 3.20. The number of thiazole rings is 2. The number of nitrogens with zero attached hydrogens (tertiary/aromatic N) is 3. The van der Waals surface area contributed by atoms with Gasteiger partial charge in [-0.15, -0.1) is 22.7 Å². The van der Waals surface area contributed by atoms with E-state index in [0.717, 1.165) is 52.2 Å². The van der Waals surface area contributed by atoms with E-state index in [9.17, 15) is 4.79 Å². The van der Waals surface area contributed by atoms with E-state index in [-0.39, 0.29) is 11.3 Å². The van der Waals surface area contributed by atoms with Crippen LogP contribution in [0.1, 0.15) is 49.5 Å². The lowest BCUT2D eigenvalue weighted by atomic mass is 9.70. The number of piperidine rings is 1. The maximum Gasteiger partial charge on any atom is 0.265 e. The molecule has 1 fully saturated rings. The predicted molar refractivity (Wildman–Crippen MR) is 111 cm³/mol. The highest BCUT2D eigenvalue weighted by molar-refractivity contribution is 7.13. The topological polar surface area (TPSA) is 46.1 Å². The van der Waals surface area contributed by atoms with Crippen molar-refractivity contribution < 1.29 is 4.79 Å².